The average molecular weight is 447 g/mol. The Morgan fingerprint density at radius 1 is 1.06 bits per heavy atom. The van der Waals surface area contributed by atoms with Gasteiger partial charge in [0.25, 0.3) is 17.5 Å². The van der Waals surface area contributed by atoms with Gasteiger partial charge in [0.1, 0.15) is 6.04 Å². The molecule has 0 radical (unpaired) electrons. The molecular weight excluding hydrogens is 424 g/mol. The summed E-state index contributed by atoms with van der Waals surface area (Å²) >= 11 is 6.00. The van der Waals surface area contributed by atoms with Gasteiger partial charge in [0.15, 0.2) is 0 Å². The lowest BCUT2D eigenvalue weighted by Gasteiger charge is -2.22. The van der Waals surface area contributed by atoms with E-state index in [1.807, 2.05) is 0 Å². The summed E-state index contributed by atoms with van der Waals surface area (Å²) in [7, 11) is 1.54. The lowest BCUT2D eigenvalue weighted by atomic mass is 10.0. The van der Waals surface area contributed by atoms with Gasteiger partial charge in [-0.1, -0.05) is 37.6 Å². The van der Waals surface area contributed by atoms with Crippen LogP contribution in [-0.2, 0) is 11.3 Å². The zero-order valence-electron chi connectivity index (χ0n) is 17.3. The quantitative estimate of drug-likeness (QED) is 0.424. The molecule has 2 rings (SSSR count). The first kappa shape index (κ1) is 23.8. The molecule has 1 unspecified atom stereocenters. The van der Waals surface area contributed by atoms with Crippen LogP contribution < -0.4 is 16.0 Å². The predicted octanol–water partition coefficient (Wildman–Crippen LogP) is 2.68. The summed E-state index contributed by atoms with van der Waals surface area (Å²) in [5, 5.41) is 18.7. The molecule has 0 aliphatic carbocycles. The Labute approximate surface area is 184 Å². The third-order valence-electron chi connectivity index (χ3n) is 4.55. The third-order valence-corrected chi connectivity index (χ3v) is 4.87. The van der Waals surface area contributed by atoms with Gasteiger partial charge in [-0.15, -0.1) is 0 Å². The smallest absolute Gasteiger partial charge is 0.270 e. The van der Waals surface area contributed by atoms with Crippen LogP contribution in [0, 0.1) is 16.0 Å². The third kappa shape index (κ3) is 6.26. The molecule has 31 heavy (non-hydrogen) atoms. The Morgan fingerprint density at radius 3 is 2.23 bits per heavy atom. The van der Waals surface area contributed by atoms with Crippen LogP contribution in [0.25, 0.3) is 0 Å². The summed E-state index contributed by atoms with van der Waals surface area (Å²) < 4.78 is 0. The Hall–Kier alpha value is -3.46. The summed E-state index contributed by atoms with van der Waals surface area (Å²) in [6.45, 7) is 3.77. The lowest BCUT2D eigenvalue weighted by molar-refractivity contribution is -0.384. The van der Waals surface area contributed by atoms with E-state index in [1.165, 1.54) is 12.1 Å². The molecule has 1 atom stereocenters. The topological polar surface area (TPSA) is 130 Å². The number of nitrogens with one attached hydrogen (secondary N) is 3. The second-order valence-corrected chi connectivity index (χ2v) is 7.52. The molecular formula is C21H23ClN4O5. The highest BCUT2D eigenvalue weighted by atomic mass is 35.5. The molecule has 2 aromatic rings. The fourth-order valence-corrected chi connectivity index (χ4v) is 3.03. The summed E-state index contributed by atoms with van der Waals surface area (Å²) in [5.41, 5.74) is 1.09. The van der Waals surface area contributed by atoms with Crippen molar-refractivity contribution in [2.75, 3.05) is 7.05 Å². The summed E-state index contributed by atoms with van der Waals surface area (Å²) in [6, 6.07) is 9.42. The number of halogens is 1. The number of hydrogen-bond donors (Lipinski definition) is 3. The molecule has 3 amide bonds. The number of carbonyl (C=O) groups is 3. The van der Waals surface area contributed by atoms with Crippen LogP contribution in [0.5, 0.6) is 0 Å². The van der Waals surface area contributed by atoms with Gasteiger partial charge < -0.3 is 16.0 Å². The molecule has 0 aliphatic rings. The highest BCUT2D eigenvalue weighted by Gasteiger charge is 2.26. The van der Waals surface area contributed by atoms with E-state index in [0.29, 0.717) is 5.56 Å². The SMILES string of the molecule is CNC(=O)c1ccc(CNC(=O)C(NC(=O)c2ccc([N+](=O)[O-])cc2Cl)C(C)C)cc1. The van der Waals surface area contributed by atoms with Crippen molar-refractivity contribution in [1.82, 2.24) is 16.0 Å². The monoisotopic (exact) mass is 446 g/mol. The number of nitrogens with zero attached hydrogens (tertiary/aromatic N) is 1. The molecule has 0 aromatic heterocycles. The van der Waals surface area contributed by atoms with Gasteiger partial charge in [-0.25, -0.2) is 0 Å². The van der Waals surface area contributed by atoms with E-state index in [2.05, 4.69) is 16.0 Å². The molecule has 3 N–H and O–H groups in total. The maximum atomic E-state index is 12.7. The molecule has 10 heteroatoms. The standard InChI is InChI=1S/C21H23ClN4O5/c1-12(2)18(25-20(28)16-9-8-15(26(30)31)10-17(16)22)21(29)24-11-13-4-6-14(7-5-13)19(27)23-3/h4-10,12,18H,11H2,1-3H3,(H,23,27)(H,24,29)(H,25,28). The van der Waals surface area contributed by atoms with Crippen LogP contribution in [0.15, 0.2) is 42.5 Å². The molecule has 0 aliphatic heterocycles. The largest absolute Gasteiger partial charge is 0.355 e. The first-order chi connectivity index (χ1) is 14.6. The Bertz CT molecular complexity index is 992. The number of benzene rings is 2. The number of hydrogen-bond acceptors (Lipinski definition) is 5. The molecule has 0 heterocycles. The minimum Gasteiger partial charge on any atom is -0.355 e. The Kier molecular flexibility index (Phi) is 8.09. The summed E-state index contributed by atoms with van der Waals surface area (Å²) in [4.78, 5) is 47.0. The second kappa shape index (κ2) is 10.5. The highest BCUT2D eigenvalue weighted by molar-refractivity contribution is 6.34. The molecule has 0 saturated carbocycles. The van der Waals surface area contributed by atoms with Crippen LogP contribution in [-0.4, -0.2) is 35.7 Å². The van der Waals surface area contributed by atoms with Gasteiger partial charge >= 0.3 is 0 Å². The molecule has 0 saturated heterocycles. The van der Waals surface area contributed by atoms with E-state index in [1.54, 1.807) is 45.2 Å². The first-order valence-corrected chi connectivity index (χ1v) is 9.85. The van der Waals surface area contributed by atoms with Crippen molar-refractivity contribution in [3.63, 3.8) is 0 Å². The second-order valence-electron chi connectivity index (χ2n) is 7.11. The van der Waals surface area contributed by atoms with Crippen molar-refractivity contribution < 1.29 is 19.3 Å². The fraction of sp³-hybridized carbons (Fsp3) is 0.286. The van der Waals surface area contributed by atoms with Crippen molar-refractivity contribution in [1.29, 1.82) is 0 Å². The van der Waals surface area contributed by atoms with Crippen LogP contribution in [0.3, 0.4) is 0 Å². The van der Waals surface area contributed by atoms with Crippen LogP contribution >= 0.6 is 11.6 Å². The lowest BCUT2D eigenvalue weighted by Crippen LogP contribution is -2.49. The van der Waals surface area contributed by atoms with E-state index in [4.69, 9.17) is 11.6 Å². The number of rotatable bonds is 8. The first-order valence-electron chi connectivity index (χ1n) is 9.47. The number of carbonyl (C=O) groups excluding carboxylic acids is 3. The average Bonchev–Trinajstić information content (AvgIpc) is 2.75. The minimum atomic E-state index is -0.844. The molecule has 9 nitrogen and oxygen atoms in total. The zero-order valence-corrected chi connectivity index (χ0v) is 18.0. The zero-order chi connectivity index (χ0) is 23.1. The van der Waals surface area contributed by atoms with Gasteiger partial charge in [-0.2, -0.15) is 0 Å². The van der Waals surface area contributed by atoms with E-state index in [0.717, 1.165) is 11.6 Å². The molecule has 2 aromatic carbocycles. The normalized spacial score (nSPS) is 11.5. The van der Waals surface area contributed by atoms with E-state index >= 15 is 0 Å². The van der Waals surface area contributed by atoms with E-state index in [-0.39, 0.29) is 34.6 Å². The van der Waals surface area contributed by atoms with Gasteiger partial charge in [0, 0.05) is 31.3 Å². The van der Waals surface area contributed by atoms with Crippen molar-refractivity contribution in [2.45, 2.75) is 26.4 Å². The van der Waals surface area contributed by atoms with Crippen molar-refractivity contribution in [2.24, 2.45) is 5.92 Å². The Balaban J connectivity index is 2.04. The minimum absolute atomic E-state index is 0.0375. The van der Waals surface area contributed by atoms with Gasteiger partial charge in [-0.05, 0) is 29.7 Å². The van der Waals surface area contributed by atoms with Gasteiger partial charge in [0.05, 0.1) is 15.5 Å². The maximum Gasteiger partial charge on any atom is 0.270 e. The fourth-order valence-electron chi connectivity index (χ4n) is 2.77. The maximum absolute atomic E-state index is 12.7. The number of non-ortho nitro benzene ring substituents is 1. The van der Waals surface area contributed by atoms with E-state index in [9.17, 15) is 24.5 Å². The molecule has 0 bridgehead atoms. The van der Waals surface area contributed by atoms with Crippen LogP contribution in [0.1, 0.15) is 40.1 Å². The van der Waals surface area contributed by atoms with Crippen molar-refractivity contribution in [3.8, 4) is 0 Å². The predicted molar refractivity (Wildman–Crippen MR) is 116 cm³/mol. The van der Waals surface area contributed by atoms with Crippen molar-refractivity contribution in [3.05, 3.63) is 74.3 Å². The highest BCUT2D eigenvalue weighted by Crippen LogP contribution is 2.22. The molecule has 0 fully saturated rings. The van der Waals surface area contributed by atoms with Crippen LogP contribution in [0.4, 0.5) is 5.69 Å². The van der Waals surface area contributed by atoms with Crippen LogP contribution in [0.2, 0.25) is 5.02 Å². The van der Waals surface area contributed by atoms with E-state index < -0.39 is 22.8 Å². The summed E-state index contributed by atoms with van der Waals surface area (Å²) in [6.07, 6.45) is 0. The van der Waals surface area contributed by atoms with Gasteiger partial charge in [-0.3, -0.25) is 24.5 Å². The number of nitro groups is 1. The number of nitro benzene ring substituents is 1. The number of amides is 3. The molecule has 164 valence electrons. The van der Waals surface area contributed by atoms with Gasteiger partial charge in [0.2, 0.25) is 5.91 Å². The van der Waals surface area contributed by atoms with Crippen molar-refractivity contribution >= 4 is 35.0 Å². The summed E-state index contributed by atoms with van der Waals surface area (Å²) in [5.74, 6) is -1.43. The Morgan fingerprint density at radius 2 is 1.71 bits per heavy atom. The molecule has 0 spiro atoms.